The first-order valence-electron chi connectivity index (χ1n) is 7.38. The van der Waals surface area contributed by atoms with Gasteiger partial charge in [-0.25, -0.2) is 9.37 Å². The summed E-state index contributed by atoms with van der Waals surface area (Å²) < 4.78 is 18.2. The molecule has 1 fully saturated rings. The number of nitrogens with zero attached hydrogens (tertiary/aromatic N) is 6. The van der Waals surface area contributed by atoms with Crippen LogP contribution >= 0.6 is 11.6 Å². The van der Waals surface area contributed by atoms with Gasteiger partial charge in [0.1, 0.15) is 18.1 Å². The summed E-state index contributed by atoms with van der Waals surface area (Å²) in [6.07, 6.45) is 2.91. The van der Waals surface area contributed by atoms with Gasteiger partial charge in [-0.05, 0) is 30.6 Å². The maximum atomic E-state index is 14.6. The van der Waals surface area contributed by atoms with Crippen molar-refractivity contribution in [3.05, 3.63) is 23.9 Å². The van der Waals surface area contributed by atoms with Gasteiger partial charge in [0.2, 0.25) is 5.28 Å². The Morgan fingerprint density at radius 1 is 1.43 bits per heavy atom. The van der Waals surface area contributed by atoms with Gasteiger partial charge in [0, 0.05) is 25.2 Å². The Labute approximate surface area is 136 Å². The summed E-state index contributed by atoms with van der Waals surface area (Å²) in [6, 6.07) is 1.58. The van der Waals surface area contributed by atoms with Gasteiger partial charge in [0.15, 0.2) is 5.82 Å². The van der Waals surface area contributed by atoms with Crippen molar-refractivity contribution in [3.8, 4) is 11.5 Å². The molecular formula is C14H15ClFN7. The summed E-state index contributed by atoms with van der Waals surface area (Å²) in [5, 5.41) is 12.1. The van der Waals surface area contributed by atoms with E-state index in [9.17, 15) is 4.39 Å². The van der Waals surface area contributed by atoms with E-state index in [1.54, 1.807) is 17.1 Å². The number of hydrogen-bond donors (Lipinski definition) is 1. The highest BCUT2D eigenvalue weighted by Gasteiger charge is 2.30. The molecule has 1 aliphatic rings. The molecule has 2 atom stereocenters. The molecule has 4 rings (SSSR count). The predicted octanol–water partition coefficient (Wildman–Crippen LogP) is 1.75. The third kappa shape index (κ3) is 2.38. The number of hydrogen-bond acceptors (Lipinski definition) is 5. The van der Waals surface area contributed by atoms with Crippen LogP contribution in [0.5, 0.6) is 0 Å². The smallest absolute Gasteiger partial charge is 0.224 e. The molecule has 120 valence electrons. The van der Waals surface area contributed by atoms with Gasteiger partial charge >= 0.3 is 0 Å². The van der Waals surface area contributed by atoms with Crippen LogP contribution < -0.4 is 5.32 Å². The molecular weight excluding hydrogens is 321 g/mol. The monoisotopic (exact) mass is 335 g/mol. The quantitative estimate of drug-likeness (QED) is 0.722. The van der Waals surface area contributed by atoms with E-state index in [2.05, 4.69) is 25.5 Å². The number of nitrogens with one attached hydrogen (secondary N) is 1. The number of rotatable bonds is 2. The molecule has 23 heavy (non-hydrogen) atoms. The molecule has 0 aliphatic carbocycles. The molecule has 9 heteroatoms. The number of piperidine rings is 1. The molecule has 0 bridgehead atoms. The van der Waals surface area contributed by atoms with Crippen LogP contribution in [-0.4, -0.2) is 48.6 Å². The van der Waals surface area contributed by atoms with E-state index in [1.807, 2.05) is 17.7 Å². The molecule has 0 radical (unpaired) electrons. The molecule has 4 heterocycles. The van der Waals surface area contributed by atoms with Crippen LogP contribution in [0.4, 0.5) is 4.39 Å². The Bertz CT molecular complexity index is 858. The van der Waals surface area contributed by atoms with Crippen molar-refractivity contribution in [2.24, 2.45) is 7.05 Å². The minimum Gasteiger partial charge on any atom is -0.316 e. The minimum atomic E-state index is -1.01. The zero-order chi connectivity index (χ0) is 16.0. The normalized spacial score (nSPS) is 21.9. The van der Waals surface area contributed by atoms with Crippen molar-refractivity contribution in [2.45, 2.75) is 18.6 Å². The number of fused-ring (bicyclic) bond motifs is 1. The SMILES string of the molecule is Cn1cnnc1-c1cc2cnc(Cl)nc2n1[C@@H]1CCNC[C@@H]1F. The summed E-state index contributed by atoms with van der Waals surface area (Å²) >= 11 is 5.96. The van der Waals surface area contributed by atoms with E-state index in [0.29, 0.717) is 24.4 Å². The van der Waals surface area contributed by atoms with Crippen molar-refractivity contribution in [1.82, 2.24) is 34.6 Å². The second-order valence-electron chi connectivity index (χ2n) is 5.66. The van der Waals surface area contributed by atoms with Gasteiger partial charge < -0.3 is 14.5 Å². The third-order valence-electron chi connectivity index (χ3n) is 4.19. The van der Waals surface area contributed by atoms with Gasteiger partial charge in [-0.15, -0.1) is 10.2 Å². The Balaban J connectivity index is 1.98. The molecule has 1 aliphatic heterocycles. The lowest BCUT2D eigenvalue weighted by molar-refractivity contribution is 0.188. The van der Waals surface area contributed by atoms with Crippen LogP contribution in [0.2, 0.25) is 5.28 Å². The fourth-order valence-corrected chi connectivity index (χ4v) is 3.24. The molecule has 1 saturated heterocycles. The molecule has 3 aromatic heterocycles. The molecule has 0 spiro atoms. The minimum absolute atomic E-state index is 0.144. The van der Waals surface area contributed by atoms with Gasteiger partial charge in [0.05, 0.1) is 11.7 Å². The van der Waals surface area contributed by atoms with Gasteiger partial charge in [-0.3, -0.25) is 0 Å². The van der Waals surface area contributed by atoms with E-state index < -0.39 is 6.17 Å². The van der Waals surface area contributed by atoms with Crippen LogP contribution in [0.1, 0.15) is 12.5 Å². The van der Waals surface area contributed by atoms with E-state index in [-0.39, 0.29) is 11.3 Å². The van der Waals surface area contributed by atoms with E-state index in [0.717, 1.165) is 17.6 Å². The van der Waals surface area contributed by atoms with Crippen molar-refractivity contribution < 1.29 is 4.39 Å². The van der Waals surface area contributed by atoms with Crippen molar-refractivity contribution in [3.63, 3.8) is 0 Å². The molecule has 0 unspecified atom stereocenters. The first kappa shape index (κ1) is 14.5. The molecule has 1 N–H and O–H groups in total. The number of aryl methyl sites for hydroxylation is 1. The van der Waals surface area contributed by atoms with Crippen LogP contribution in [-0.2, 0) is 7.05 Å². The van der Waals surface area contributed by atoms with Crippen LogP contribution in [0.3, 0.4) is 0 Å². The zero-order valence-electron chi connectivity index (χ0n) is 12.4. The molecule has 0 aromatic carbocycles. The Morgan fingerprint density at radius 3 is 3.04 bits per heavy atom. The number of alkyl halides is 1. The zero-order valence-corrected chi connectivity index (χ0v) is 13.2. The van der Waals surface area contributed by atoms with Gasteiger partial charge in [-0.2, -0.15) is 4.98 Å². The summed E-state index contributed by atoms with van der Waals surface area (Å²) in [5.41, 5.74) is 1.39. The summed E-state index contributed by atoms with van der Waals surface area (Å²) in [5.74, 6) is 0.657. The number of aromatic nitrogens is 6. The largest absolute Gasteiger partial charge is 0.316 e. The molecule has 0 saturated carbocycles. The lowest BCUT2D eigenvalue weighted by Gasteiger charge is -2.29. The standard InChI is InChI=1S/C14H15ClFN7/c1-22-7-19-21-13(22)11-4-8-5-18-14(15)20-12(8)23(11)10-2-3-17-6-9(10)16/h4-5,7,9-10,17H,2-3,6H2,1H3/t9-,10+/m0/s1. The van der Waals surface area contributed by atoms with Crippen molar-refractivity contribution in [1.29, 1.82) is 0 Å². The highest BCUT2D eigenvalue weighted by Crippen LogP contribution is 2.34. The number of halogens is 2. The first-order chi connectivity index (χ1) is 11.1. The molecule has 3 aromatic rings. The maximum Gasteiger partial charge on any atom is 0.224 e. The highest BCUT2D eigenvalue weighted by atomic mass is 35.5. The lowest BCUT2D eigenvalue weighted by Crippen LogP contribution is -2.39. The average Bonchev–Trinajstić information content (AvgIpc) is 3.11. The van der Waals surface area contributed by atoms with Crippen molar-refractivity contribution >= 4 is 22.6 Å². The van der Waals surface area contributed by atoms with Crippen molar-refractivity contribution in [2.75, 3.05) is 13.1 Å². The molecule has 0 amide bonds. The summed E-state index contributed by atoms with van der Waals surface area (Å²) in [4.78, 5) is 8.34. The van der Waals surface area contributed by atoms with E-state index >= 15 is 0 Å². The Hall–Kier alpha value is -2.06. The van der Waals surface area contributed by atoms with E-state index in [4.69, 9.17) is 11.6 Å². The third-order valence-corrected chi connectivity index (χ3v) is 4.37. The van der Waals surface area contributed by atoms with Gasteiger partial charge in [-0.1, -0.05) is 0 Å². The fourth-order valence-electron chi connectivity index (χ4n) is 3.11. The first-order valence-corrected chi connectivity index (χ1v) is 7.75. The van der Waals surface area contributed by atoms with Gasteiger partial charge in [0.25, 0.3) is 0 Å². The highest BCUT2D eigenvalue weighted by molar-refractivity contribution is 6.28. The van der Waals surface area contributed by atoms with Crippen LogP contribution in [0.15, 0.2) is 18.6 Å². The Morgan fingerprint density at radius 2 is 2.30 bits per heavy atom. The summed E-state index contributed by atoms with van der Waals surface area (Å²) in [7, 11) is 1.85. The van der Waals surface area contributed by atoms with Crippen LogP contribution in [0, 0.1) is 0 Å². The Kier molecular flexibility index (Phi) is 3.50. The topological polar surface area (TPSA) is 73.5 Å². The summed E-state index contributed by atoms with van der Waals surface area (Å²) in [6.45, 7) is 1.07. The second-order valence-corrected chi connectivity index (χ2v) is 6.00. The maximum absolute atomic E-state index is 14.6. The van der Waals surface area contributed by atoms with Crippen LogP contribution in [0.25, 0.3) is 22.6 Å². The second kappa shape index (κ2) is 5.54. The fraction of sp³-hybridized carbons (Fsp3) is 0.429. The predicted molar refractivity (Wildman–Crippen MR) is 84.0 cm³/mol. The lowest BCUT2D eigenvalue weighted by atomic mass is 10.0. The average molecular weight is 336 g/mol. The molecule has 7 nitrogen and oxygen atoms in total. The van der Waals surface area contributed by atoms with E-state index in [1.165, 1.54) is 0 Å².